The summed E-state index contributed by atoms with van der Waals surface area (Å²) in [4.78, 5) is 27.4. The molecule has 23 heavy (non-hydrogen) atoms. The van der Waals surface area contributed by atoms with Crippen molar-refractivity contribution < 1.29 is 22.9 Å². The van der Waals surface area contributed by atoms with Gasteiger partial charge in [-0.15, -0.1) is 10.1 Å². The molecule has 124 valence electrons. The molecule has 0 aliphatic carbocycles. The van der Waals surface area contributed by atoms with Crippen molar-refractivity contribution >= 4 is 16.8 Å². The van der Waals surface area contributed by atoms with E-state index in [1.165, 1.54) is 4.57 Å². The maximum absolute atomic E-state index is 12.5. The Kier molecular flexibility index (Phi) is 3.49. The van der Waals surface area contributed by atoms with Crippen LogP contribution in [-0.2, 0) is 11.3 Å². The van der Waals surface area contributed by atoms with Crippen LogP contribution >= 0.6 is 0 Å². The summed E-state index contributed by atoms with van der Waals surface area (Å²) in [5.41, 5.74) is 1.23. The summed E-state index contributed by atoms with van der Waals surface area (Å²) in [5.74, 6) is -0.303. The molecule has 1 heterocycles. The van der Waals surface area contributed by atoms with Crippen molar-refractivity contribution in [2.75, 3.05) is 27.1 Å². The minimum atomic E-state index is -2.78. The lowest BCUT2D eigenvalue weighted by Crippen LogP contribution is -2.15. The van der Waals surface area contributed by atoms with E-state index < -0.39 is 19.0 Å². The van der Waals surface area contributed by atoms with Gasteiger partial charge in [-0.25, -0.2) is 0 Å². The molecular weight excluding hydrogens is 298 g/mol. The number of carbonyl (C=O) groups is 1. The van der Waals surface area contributed by atoms with E-state index in [1.54, 1.807) is 30.5 Å². The second-order valence-electron chi connectivity index (χ2n) is 5.00. The van der Waals surface area contributed by atoms with Gasteiger partial charge >= 0.3 is 0 Å². The van der Waals surface area contributed by atoms with Crippen molar-refractivity contribution in [3.8, 4) is 0 Å². The van der Waals surface area contributed by atoms with Crippen molar-refractivity contribution in [2.24, 2.45) is 0 Å². The van der Waals surface area contributed by atoms with Crippen LogP contribution < -0.4 is 0 Å². The quantitative estimate of drug-likeness (QED) is 0.423. The number of hydrogen-bond acceptors (Lipinski definition) is 5. The first-order valence-electron chi connectivity index (χ1n) is 10.1. The Morgan fingerprint density at radius 1 is 1.43 bits per heavy atom. The number of likely N-dealkylation sites (N-methyl/N-ethyl adjacent to an activating group) is 1. The minimum absolute atomic E-state index is 0.0165. The molecule has 0 bridgehead atoms. The molecule has 2 rings (SSSR count). The largest absolute Gasteiger partial charge is 0.314 e. The molecule has 0 aliphatic rings. The molecule has 0 atom stereocenters. The SMILES string of the molecule is [2H]C([2H])([2H])N(CCc1cn(C(=O)CCCO[N+](=O)[O-])c2ccccc12)C([2H])([2H])[2H]. The van der Waals surface area contributed by atoms with Crippen LogP contribution in [0.1, 0.15) is 31.4 Å². The number of benzene rings is 1. The van der Waals surface area contributed by atoms with Gasteiger partial charge in [-0.05, 0) is 38.4 Å². The van der Waals surface area contributed by atoms with Crippen LogP contribution in [0.25, 0.3) is 10.9 Å². The first-order valence-corrected chi connectivity index (χ1v) is 7.08. The Hall–Kier alpha value is -2.41. The van der Waals surface area contributed by atoms with Gasteiger partial charge in [-0.1, -0.05) is 18.2 Å². The second-order valence-corrected chi connectivity index (χ2v) is 5.00. The van der Waals surface area contributed by atoms with Gasteiger partial charge in [0.25, 0.3) is 5.09 Å². The molecule has 0 aliphatic heterocycles. The number of aromatic nitrogens is 1. The average Bonchev–Trinajstić information content (AvgIpc) is 2.95. The highest BCUT2D eigenvalue weighted by Gasteiger charge is 2.13. The summed E-state index contributed by atoms with van der Waals surface area (Å²) in [6, 6.07) is 6.98. The lowest BCUT2D eigenvalue weighted by atomic mass is 10.1. The van der Waals surface area contributed by atoms with E-state index >= 15 is 0 Å². The third kappa shape index (κ3) is 4.53. The van der Waals surface area contributed by atoms with Gasteiger partial charge in [0.05, 0.1) is 12.1 Å². The maximum atomic E-state index is 12.5. The van der Waals surface area contributed by atoms with Crippen LogP contribution in [0.4, 0.5) is 0 Å². The Morgan fingerprint density at radius 3 is 2.96 bits per heavy atom. The zero-order valence-corrected chi connectivity index (χ0v) is 12.4. The molecule has 0 fully saturated rings. The fourth-order valence-corrected chi connectivity index (χ4v) is 2.37. The Bertz CT molecular complexity index is 864. The van der Waals surface area contributed by atoms with Crippen LogP contribution in [0.5, 0.6) is 0 Å². The minimum Gasteiger partial charge on any atom is -0.314 e. The average molecular weight is 325 g/mol. The zero-order valence-electron chi connectivity index (χ0n) is 18.4. The van der Waals surface area contributed by atoms with Crippen LogP contribution in [0, 0.1) is 10.1 Å². The highest BCUT2D eigenvalue weighted by Crippen LogP contribution is 2.22. The highest BCUT2D eigenvalue weighted by molar-refractivity contribution is 5.94. The van der Waals surface area contributed by atoms with E-state index in [1.807, 2.05) is 0 Å². The molecule has 0 N–H and O–H groups in total. The van der Waals surface area contributed by atoms with Crippen molar-refractivity contribution in [3.63, 3.8) is 0 Å². The van der Waals surface area contributed by atoms with Gasteiger partial charge in [0.2, 0.25) is 5.91 Å². The fraction of sp³-hybridized carbons (Fsp3) is 0.438. The third-order valence-corrected chi connectivity index (χ3v) is 3.40. The van der Waals surface area contributed by atoms with E-state index in [9.17, 15) is 14.9 Å². The van der Waals surface area contributed by atoms with Gasteiger partial charge in [0.15, 0.2) is 0 Å². The van der Waals surface area contributed by atoms with Gasteiger partial charge < -0.3 is 9.74 Å². The van der Waals surface area contributed by atoms with Crippen molar-refractivity contribution in [1.82, 2.24) is 9.47 Å². The first-order chi connectivity index (χ1) is 13.4. The summed E-state index contributed by atoms with van der Waals surface area (Å²) in [6.45, 7) is -6.00. The predicted octanol–water partition coefficient (Wildman–Crippen LogP) is 2.37. The van der Waals surface area contributed by atoms with Gasteiger partial charge in [-0.3, -0.25) is 9.36 Å². The van der Waals surface area contributed by atoms with Gasteiger partial charge in [-0.2, -0.15) is 0 Å². The standard InChI is InChI=1S/C16H21N3O4/c1-17(2)10-9-13-12-18(15-7-4-3-6-14(13)15)16(20)8-5-11-23-19(21)22/h3-4,6-7,12H,5,8-11H2,1-2H3/i1D3,2D3. The van der Waals surface area contributed by atoms with E-state index in [4.69, 9.17) is 8.22 Å². The number of fused-ring (bicyclic) bond motifs is 1. The highest BCUT2D eigenvalue weighted by atomic mass is 16.9. The number of carbonyl (C=O) groups excluding carboxylic acids is 1. The number of para-hydroxylation sites is 1. The van der Waals surface area contributed by atoms with Crippen LogP contribution in [-0.4, -0.2) is 47.6 Å². The van der Waals surface area contributed by atoms with Crippen LogP contribution in [0.15, 0.2) is 30.5 Å². The summed E-state index contributed by atoms with van der Waals surface area (Å²) in [7, 11) is 0. The smallest absolute Gasteiger partial charge is 0.294 e. The number of hydrogen-bond donors (Lipinski definition) is 0. The molecule has 0 saturated heterocycles. The first kappa shape index (κ1) is 10.4. The second kappa shape index (κ2) is 7.73. The number of nitrogens with zero attached hydrogens (tertiary/aromatic N) is 3. The molecule has 0 radical (unpaired) electrons. The van der Waals surface area contributed by atoms with E-state index in [0.29, 0.717) is 21.4 Å². The summed E-state index contributed by atoms with van der Waals surface area (Å²) in [6.07, 6.45) is 1.84. The van der Waals surface area contributed by atoms with E-state index in [2.05, 4.69) is 4.84 Å². The summed E-state index contributed by atoms with van der Waals surface area (Å²) >= 11 is 0. The fourth-order valence-electron chi connectivity index (χ4n) is 2.37. The van der Waals surface area contributed by atoms with E-state index in [0.717, 1.165) is 0 Å². The molecule has 0 amide bonds. The van der Waals surface area contributed by atoms with Crippen LogP contribution in [0.2, 0.25) is 0 Å². The third-order valence-electron chi connectivity index (χ3n) is 3.40. The Morgan fingerprint density at radius 2 is 2.22 bits per heavy atom. The molecule has 0 unspecified atom stereocenters. The summed E-state index contributed by atoms with van der Waals surface area (Å²) in [5, 5.41) is 9.95. The Balaban J connectivity index is 2.20. The monoisotopic (exact) mass is 325 g/mol. The Labute approximate surface area is 143 Å². The van der Waals surface area contributed by atoms with Crippen LogP contribution in [0.3, 0.4) is 0 Å². The molecule has 7 heteroatoms. The van der Waals surface area contributed by atoms with Crippen molar-refractivity contribution in [1.29, 1.82) is 0 Å². The van der Waals surface area contributed by atoms with Crippen molar-refractivity contribution in [3.05, 3.63) is 46.1 Å². The van der Waals surface area contributed by atoms with E-state index in [-0.39, 0.29) is 38.3 Å². The van der Waals surface area contributed by atoms with Gasteiger partial charge in [0, 0.05) is 32.8 Å². The number of rotatable bonds is 8. The zero-order chi connectivity index (χ0) is 21.8. The molecule has 0 saturated carbocycles. The molecule has 1 aromatic carbocycles. The maximum Gasteiger partial charge on any atom is 0.294 e. The molecule has 7 nitrogen and oxygen atoms in total. The lowest BCUT2D eigenvalue weighted by Gasteiger charge is -2.07. The van der Waals surface area contributed by atoms with Gasteiger partial charge in [0.1, 0.15) is 0 Å². The topological polar surface area (TPSA) is 77.6 Å². The lowest BCUT2D eigenvalue weighted by molar-refractivity contribution is -0.757. The molecule has 2 aromatic rings. The molecule has 0 spiro atoms. The molecule has 1 aromatic heterocycles. The summed E-state index contributed by atoms with van der Waals surface area (Å²) < 4.78 is 46.1. The predicted molar refractivity (Wildman–Crippen MR) is 87.0 cm³/mol. The molecular formula is C16H21N3O4. The van der Waals surface area contributed by atoms with Crippen molar-refractivity contribution in [2.45, 2.75) is 19.3 Å². The normalized spacial score (nSPS) is 16.0.